The molecule has 208 valence electrons. The molecule has 5 rings (SSSR count). The Morgan fingerprint density at radius 3 is 2.50 bits per heavy atom. The van der Waals surface area contributed by atoms with E-state index in [1.807, 2.05) is 30.3 Å². The standard InChI is InChI=1S/C28H24ClF3N4O3S/c29-19-7-5-18(6-8-19)27(12-13-27)11-9-23(37)21-16-34-25(15-33)35-26(21)36-14-10-20(17-36)40(38,39)24-4-2-1-3-22(24)28(30,31)32/h1-8,16,20H,9-14,17H2/t20-/m0/s1. The zero-order chi connectivity index (χ0) is 28.7. The van der Waals surface area contributed by atoms with Crippen LogP contribution in [0.5, 0.6) is 0 Å². The van der Waals surface area contributed by atoms with Gasteiger partial charge in [0, 0.05) is 30.7 Å². The van der Waals surface area contributed by atoms with Crippen molar-refractivity contribution < 1.29 is 26.4 Å². The molecule has 0 amide bonds. The highest BCUT2D eigenvalue weighted by atomic mass is 35.5. The number of sulfone groups is 1. The highest BCUT2D eigenvalue weighted by Gasteiger charge is 2.45. The van der Waals surface area contributed by atoms with Gasteiger partial charge in [-0.3, -0.25) is 4.79 Å². The lowest BCUT2D eigenvalue weighted by Gasteiger charge is -2.21. The minimum absolute atomic E-state index is 0.0354. The number of hydrogen-bond donors (Lipinski definition) is 0. The van der Waals surface area contributed by atoms with Gasteiger partial charge in [0.25, 0.3) is 0 Å². The maximum absolute atomic E-state index is 13.6. The summed E-state index contributed by atoms with van der Waals surface area (Å²) in [6.07, 6.45) is -0.897. The maximum Gasteiger partial charge on any atom is 0.417 e. The number of carbonyl (C=O) groups excluding carboxylic acids is 1. The lowest BCUT2D eigenvalue weighted by molar-refractivity contribution is -0.139. The fourth-order valence-corrected chi connectivity index (χ4v) is 7.33. The number of nitrogens with zero attached hydrogens (tertiary/aromatic N) is 4. The average molecular weight is 589 g/mol. The van der Waals surface area contributed by atoms with Gasteiger partial charge in [-0.1, -0.05) is 35.9 Å². The number of Topliss-reactive ketones (excluding diaryl/α,β-unsaturated/α-hetero) is 1. The van der Waals surface area contributed by atoms with Crippen LogP contribution in [0.4, 0.5) is 19.0 Å². The van der Waals surface area contributed by atoms with E-state index < -0.39 is 31.7 Å². The quantitative estimate of drug-likeness (QED) is 0.308. The molecular formula is C28H24ClF3N4O3S. The molecule has 3 aromatic rings. The van der Waals surface area contributed by atoms with Gasteiger partial charge in [-0.15, -0.1) is 0 Å². The van der Waals surface area contributed by atoms with Gasteiger partial charge < -0.3 is 4.90 Å². The number of benzene rings is 2. The average Bonchev–Trinajstić information content (AvgIpc) is 3.56. The zero-order valence-electron chi connectivity index (χ0n) is 21.2. The van der Waals surface area contributed by atoms with E-state index >= 15 is 0 Å². The second kappa shape index (κ2) is 10.5. The molecule has 2 heterocycles. The molecule has 1 aliphatic heterocycles. The Kier molecular flexibility index (Phi) is 7.35. The first-order valence-corrected chi connectivity index (χ1v) is 14.6. The third-order valence-corrected chi connectivity index (χ3v) is 10.2. The number of rotatable bonds is 8. The number of ketones is 1. The van der Waals surface area contributed by atoms with Gasteiger partial charge in [0.05, 0.1) is 21.3 Å². The van der Waals surface area contributed by atoms with Gasteiger partial charge in [0.2, 0.25) is 5.82 Å². The number of halogens is 4. The number of hydrogen-bond acceptors (Lipinski definition) is 7. The molecule has 2 aliphatic rings. The molecule has 2 fully saturated rings. The zero-order valence-corrected chi connectivity index (χ0v) is 22.7. The first-order chi connectivity index (χ1) is 18.9. The van der Waals surface area contributed by atoms with Crippen molar-refractivity contribution in [1.29, 1.82) is 5.26 Å². The second-order valence-electron chi connectivity index (χ2n) is 10.1. The van der Waals surface area contributed by atoms with E-state index in [2.05, 4.69) is 9.97 Å². The molecule has 7 nitrogen and oxygen atoms in total. The summed E-state index contributed by atoms with van der Waals surface area (Å²) in [5, 5.41) is 8.82. The Morgan fingerprint density at radius 1 is 1.15 bits per heavy atom. The van der Waals surface area contributed by atoms with Crippen molar-refractivity contribution in [3.8, 4) is 6.07 Å². The minimum Gasteiger partial charge on any atom is -0.355 e. The fourth-order valence-electron chi connectivity index (χ4n) is 5.29. The monoisotopic (exact) mass is 588 g/mol. The maximum atomic E-state index is 13.6. The van der Waals surface area contributed by atoms with Crippen LogP contribution < -0.4 is 4.90 Å². The van der Waals surface area contributed by atoms with Crippen molar-refractivity contribution in [3.63, 3.8) is 0 Å². The van der Waals surface area contributed by atoms with Crippen molar-refractivity contribution in [1.82, 2.24) is 9.97 Å². The van der Waals surface area contributed by atoms with E-state index in [0.717, 1.165) is 36.6 Å². The summed E-state index contributed by atoms with van der Waals surface area (Å²) >= 11 is 6.01. The van der Waals surface area contributed by atoms with Crippen molar-refractivity contribution in [3.05, 3.63) is 82.3 Å². The molecule has 40 heavy (non-hydrogen) atoms. The van der Waals surface area contributed by atoms with Crippen LogP contribution in [0.25, 0.3) is 0 Å². The van der Waals surface area contributed by atoms with Gasteiger partial charge in [-0.05, 0) is 60.9 Å². The molecule has 2 aromatic carbocycles. The summed E-state index contributed by atoms with van der Waals surface area (Å²) in [6, 6.07) is 13.5. The third kappa shape index (κ3) is 5.43. The SMILES string of the molecule is N#Cc1ncc(C(=O)CCC2(c3ccc(Cl)cc3)CC2)c(N2CC[C@H](S(=O)(=O)c3ccccc3C(F)(F)F)C2)n1. The number of carbonyl (C=O) groups is 1. The fraction of sp³-hybridized carbons (Fsp3) is 0.357. The van der Waals surface area contributed by atoms with E-state index in [4.69, 9.17) is 11.6 Å². The molecule has 0 radical (unpaired) electrons. The molecule has 0 spiro atoms. The molecule has 1 aliphatic carbocycles. The number of aromatic nitrogens is 2. The normalized spacial score (nSPS) is 18.4. The summed E-state index contributed by atoms with van der Waals surface area (Å²) in [5.41, 5.74) is -0.0767. The van der Waals surface area contributed by atoms with Crippen LogP contribution in [0.3, 0.4) is 0 Å². The summed E-state index contributed by atoms with van der Waals surface area (Å²) in [7, 11) is -4.36. The number of anilines is 1. The van der Waals surface area contributed by atoms with Crippen LogP contribution in [0.15, 0.2) is 59.6 Å². The molecule has 1 saturated heterocycles. The van der Waals surface area contributed by atoms with E-state index in [0.29, 0.717) is 11.4 Å². The lowest BCUT2D eigenvalue weighted by atomic mass is 9.89. The first kappa shape index (κ1) is 28.1. The Morgan fingerprint density at radius 2 is 1.85 bits per heavy atom. The summed E-state index contributed by atoms with van der Waals surface area (Å²) in [6.45, 7) is -0.0413. The Balaban J connectivity index is 1.37. The summed E-state index contributed by atoms with van der Waals surface area (Å²) in [5.74, 6) is -0.330. The molecule has 1 saturated carbocycles. The molecule has 1 atom stereocenters. The van der Waals surface area contributed by atoms with E-state index in [-0.39, 0.29) is 54.3 Å². The van der Waals surface area contributed by atoms with E-state index in [9.17, 15) is 31.6 Å². The van der Waals surface area contributed by atoms with Gasteiger partial charge in [-0.2, -0.15) is 18.4 Å². The highest BCUT2D eigenvalue weighted by Crippen LogP contribution is 2.52. The molecule has 12 heteroatoms. The van der Waals surface area contributed by atoms with Crippen molar-refractivity contribution >= 4 is 33.0 Å². The molecule has 0 unspecified atom stereocenters. The smallest absolute Gasteiger partial charge is 0.355 e. The predicted octanol–water partition coefficient (Wildman–Crippen LogP) is 5.77. The molecule has 0 bridgehead atoms. The largest absolute Gasteiger partial charge is 0.417 e. The van der Waals surface area contributed by atoms with Crippen LogP contribution in [0.1, 0.15) is 59.4 Å². The Labute approximate surface area is 234 Å². The van der Waals surface area contributed by atoms with Crippen LogP contribution in [0.2, 0.25) is 5.02 Å². The minimum atomic E-state index is -4.83. The van der Waals surface area contributed by atoms with E-state index in [1.54, 1.807) is 4.90 Å². The summed E-state index contributed by atoms with van der Waals surface area (Å²) in [4.78, 5) is 22.3. The molecular weight excluding hydrogens is 565 g/mol. The van der Waals surface area contributed by atoms with Gasteiger partial charge >= 0.3 is 6.18 Å². The number of alkyl halides is 3. The van der Waals surface area contributed by atoms with Crippen LogP contribution in [-0.2, 0) is 21.4 Å². The number of nitriles is 1. The van der Waals surface area contributed by atoms with Crippen LogP contribution >= 0.6 is 11.6 Å². The predicted molar refractivity (Wildman–Crippen MR) is 142 cm³/mol. The third-order valence-electron chi connectivity index (χ3n) is 7.69. The summed E-state index contributed by atoms with van der Waals surface area (Å²) < 4.78 is 67.3. The topological polar surface area (TPSA) is 104 Å². The Bertz CT molecular complexity index is 1600. The Hall–Kier alpha value is -3.49. The molecule has 1 aromatic heterocycles. The van der Waals surface area contributed by atoms with Crippen LogP contribution in [0, 0.1) is 11.3 Å². The van der Waals surface area contributed by atoms with Gasteiger partial charge in [-0.25, -0.2) is 18.4 Å². The van der Waals surface area contributed by atoms with E-state index in [1.165, 1.54) is 12.3 Å². The van der Waals surface area contributed by atoms with Crippen molar-refractivity contribution in [2.75, 3.05) is 18.0 Å². The van der Waals surface area contributed by atoms with Crippen LogP contribution in [-0.4, -0.2) is 42.5 Å². The highest BCUT2D eigenvalue weighted by molar-refractivity contribution is 7.92. The lowest BCUT2D eigenvalue weighted by Crippen LogP contribution is -2.30. The van der Waals surface area contributed by atoms with Gasteiger partial charge in [0.1, 0.15) is 11.9 Å². The van der Waals surface area contributed by atoms with Crippen molar-refractivity contribution in [2.45, 2.75) is 53.8 Å². The second-order valence-corrected chi connectivity index (χ2v) is 12.8. The first-order valence-electron chi connectivity index (χ1n) is 12.7. The molecule has 0 N–H and O–H groups in total. The van der Waals surface area contributed by atoms with Crippen molar-refractivity contribution in [2.24, 2.45) is 0 Å². The van der Waals surface area contributed by atoms with Gasteiger partial charge in [0.15, 0.2) is 15.6 Å².